The summed E-state index contributed by atoms with van der Waals surface area (Å²) in [5.74, 6) is -2.53. The number of aromatic nitrogens is 1. The second kappa shape index (κ2) is 9.04. The van der Waals surface area contributed by atoms with E-state index in [9.17, 15) is 14.4 Å². The lowest BCUT2D eigenvalue weighted by Crippen LogP contribution is -2.54. The number of hydrazone groups is 1. The molecular formula is C35H24N4O3. The van der Waals surface area contributed by atoms with Crippen molar-refractivity contribution in [2.45, 2.75) is 11.3 Å². The first-order chi connectivity index (χ1) is 20.6. The highest BCUT2D eigenvalue weighted by atomic mass is 16.2. The van der Waals surface area contributed by atoms with Crippen LogP contribution in [-0.2, 0) is 15.0 Å². The van der Waals surface area contributed by atoms with Crippen molar-refractivity contribution < 1.29 is 14.4 Å². The van der Waals surface area contributed by atoms with Crippen molar-refractivity contribution in [3.05, 3.63) is 143 Å². The number of benzene rings is 4. The minimum absolute atomic E-state index is 0.215. The molecule has 1 aliphatic heterocycles. The molecule has 1 fully saturated rings. The van der Waals surface area contributed by atoms with Gasteiger partial charge in [-0.25, -0.2) is 10.3 Å². The fourth-order valence-electron chi connectivity index (χ4n) is 7.44. The summed E-state index contributed by atoms with van der Waals surface area (Å²) in [4.78, 5) is 47.5. The van der Waals surface area contributed by atoms with Crippen molar-refractivity contribution in [1.29, 1.82) is 0 Å². The molecule has 202 valence electrons. The maximum absolute atomic E-state index is 14.7. The summed E-state index contributed by atoms with van der Waals surface area (Å²) in [5, 5.41) is 6.26. The molecule has 3 aliphatic carbocycles. The van der Waals surface area contributed by atoms with Crippen LogP contribution in [0.5, 0.6) is 0 Å². The lowest BCUT2D eigenvalue weighted by atomic mass is 9.47. The van der Waals surface area contributed by atoms with E-state index in [0.717, 1.165) is 33.0 Å². The summed E-state index contributed by atoms with van der Waals surface area (Å²) >= 11 is 0. The Bertz CT molecular complexity index is 1920. The Morgan fingerprint density at radius 2 is 1.50 bits per heavy atom. The zero-order chi connectivity index (χ0) is 28.4. The van der Waals surface area contributed by atoms with Crippen LogP contribution < -0.4 is 10.3 Å². The van der Waals surface area contributed by atoms with Gasteiger partial charge in [-0.1, -0.05) is 84.9 Å². The predicted molar refractivity (Wildman–Crippen MR) is 159 cm³/mol. The molecule has 7 nitrogen and oxygen atoms in total. The Kier molecular flexibility index (Phi) is 5.25. The van der Waals surface area contributed by atoms with Crippen LogP contribution in [0, 0.1) is 11.8 Å². The van der Waals surface area contributed by atoms with Gasteiger partial charge in [-0.15, -0.1) is 0 Å². The van der Waals surface area contributed by atoms with E-state index in [2.05, 4.69) is 15.5 Å². The zero-order valence-electron chi connectivity index (χ0n) is 22.3. The summed E-state index contributed by atoms with van der Waals surface area (Å²) in [6.07, 6.45) is 4.73. The summed E-state index contributed by atoms with van der Waals surface area (Å²) < 4.78 is 0. The number of anilines is 1. The van der Waals surface area contributed by atoms with Gasteiger partial charge in [0.05, 0.1) is 28.5 Å². The molecule has 1 N–H and O–H groups in total. The molecule has 2 heterocycles. The standard InChI is InChI=1S/C35H24N4O3/c40-32(22-11-8-18-36-19-22)38-37-20-35-26-15-5-3-13-24(26)29(25-14-4-6-16-27(25)35)30-31(35)34(42)39(33(30)41)28-17-7-10-21-9-1-2-12-23(21)28/h1-20,29-31H,(H,38,40)/b37-20+. The Morgan fingerprint density at radius 1 is 0.810 bits per heavy atom. The number of nitrogens with zero attached hydrogens (tertiary/aromatic N) is 3. The lowest BCUT2D eigenvalue weighted by Gasteiger charge is -2.52. The second-order valence-corrected chi connectivity index (χ2v) is 11.0. The number of amides is 3. The zero-order valence-corrected chi connectivity index (χ0v) is 22.3. The highest BCUT2D eigenvalue weighted by Gasteiger charge is 2.68. The van der Waals surface area contributed by atoms with E-state index in [1.54, 1.807) is 24.5 Å². The molecule has 1 aromatic heterocycles. The van der Waals surface area contributed by atoms with E-state index in [4.69, 9.17) is 0 Å². The monoisotopic (exact) mass is 548 g/mol. The molecule has 2 unspecified atom stereocenters. The number of carbonyl (C=O) groups excluding carboxylic acids is 3. The van der Waals surface area contributed by atoms with Gasteiger partial charge in [0.15, 0.2) is 0 Å². The first-order valence-corrected chi connectivity index (χ1v) is 13.9. The highest BCUT2D eigenvalue weighted by molar-refractivity contribution is 6.27. The summed E-state index contributed by atoms with van der Waals surface area (Å²) in [6.45, 7) is 0. The van der Waals surface area contributed by atoms with Crippen LogP contribution in [0.2, 0.25) is 0 Å². The van der Waals surface area contributed by atoms with E-state index in [1.807, 2.05) is 91.0 Å². The van der Waals surface area contributed by atoms with Gasteiger partial charge in [-0.2, -0.15) is 5.10 Å². The lowest BCUT2D eigenvalue weighted by molar-refractivity contribution is -0.122. The van der Waals surface area contributed by atoms with Crippen molar-refractivity contribution in [1.82, 2.24) is 10.4 Å². The SMILES string of the molecule is O=C(N/N=C/C12c3ccccc3C(c3ccccc31)C1C(=O)N(c3cccc4ccccc34)C(=O)C12)c1cccnc1. The number of carbonyl (C=O) groups is 3. The van der Waals surface area contributed by atoms with Crippen LogP contribution in [0.15, 0.2) is 121 Å². The van der Waals surface area contributed by atoms with Crippen molar-refractivity contribution >= 4 is 40.4 Å². The fraction of sp³-hybridized carbons (Fsp3) is 0.114. The molecule has 4 aromatic carbocycles. The molecule has 5 aromatic rings. The Balaban J connectivity index is 1.33. The van der Waals surface area contributed by atoms with Crippen LogP contribution >= 0.6 is 0 Å². The highest BCUT2D eigenvalue weighted by Crippen LogP contribution is 2.63. The van der Waals surface area contributed by atoms with Gasteiger partial charge >= 0.3 is 0 Å². The molecule has 2 atom stereocenters. The molecule has 0 spiro atoms. The van der Waals surface area contributed by atoms with Crippen molar-refractivity contribution in [2.75, 3.05) is 4.90 Å². The van der Waals surface area contributed by atoms with Crippen LogP contribution in [0.4, 0.5) is 5.69 Å². The number of fused-ring (bicyclic) bond motifs is 1. The molecule has 1 saturated heterocycles. The Hall–Kier alpha value is -5.43. The Labute approximate surface area is 241 Å². The number of hydrogen-bond acceptors (Lipinski definition) is 5. The molecule has 3 amide bonds. The number of rotatable bonds is 4. The van der Waals surface area contributed by atoms with E-state index in [0.29, 0.717) is 11.3 Å². The van der Waals surface area contributed by atoms with Crippen LogP contribution in [0.25, 0.3) is 10.8 Å². The van der Waals surface area contributed by atoms with E-state index < -0.39 is 23.2 Å². The smallest absolute Gasteiger partial charge is 0.272 e. The van der Waals surface area contributed by atoms with Gasteiger partial charge in [-0.3, -0.25) is 19.4 Å². The molecule has 2 bridgehead atoms. The first kappa shape index (κ1) is 24.4. The summed E-state index contributed by atoms with van der Waals surface area (Å²) in [7, 11) is 0. The number of hydrogen-bond donors (Lipinski definition) is 1. The quantitative estimate of drug-likeness (QED) is 0.190. The molecule has 7 heteroatoms. The second-order valence-electron chi connectivity index (χ2n) is 11.0. The third-order valence-corrected chi connectivity index (χ3v) is 9.05. The molecule has 4 aliphatic rings. The maximum Gasteiger partial charge on any atom is 0.272 e. The van der Waals surface area contributed by atoms with Gasteiger partial charge in [0, 0.05) is 29.9 Å². The number of imide groups is 1. The van der Waals surface area contributed by atoms with Crippen LogP contribution in [-0.4, -0.2) is 28.9 Å². The molecule has 9 rings (SSSR count). The molecule has 0 radical (unpaired) electrons. The third kappa shape index (κ3) is 3.19. The largest absolute Gasteiger partial charge is 0.274 e. The average Bonchev–Trinajstić information content (AvgIpc) is 3.31. The van der Waals surface area contributed by atoms with Crippen LogP contribution in [0.1, 0.15) is 38.5 Å². The average molecular weight is 549 g/mol. The molecular weight excluding hydrogens is 524 g/mol. The van der Waals surface area contributed by atoms with Gasteiger partial charge in [0.25, 0.3) is 5.91 Å². The summed E-state index contributed by atoms with van der Waals surface area (Å²) in [6, 6.07) is 32.8. The third-order valence-electron chi connectivity index (χ3n) is 9.05. The molecule has 42 heavy (non-hydrogen) atoms. The van der Waals surface area contributed by atoms with Crippen molar-refractivity contribution in [3.63, 3.8) is 0 Å². The predicted octanol–water partition coefficient (Wildman–Crippen LogP) is 5.20. The number of nitrogens with one attached hydrogen (secondary N) is 1. The van der Waals surface area contributed by atoms with Gasteiger partial charge in [0.2, 0.25) is 11.8 Å². The van der Waals surface area contributed by atoms with Gasteiger partial charge in [0.1, 0.15) is 0 Å². The van der Waals surface area contributed by atoms with Crippen molar-refractivity contribution in [3.8, 4) is 0 Å². The molecule has 0 saturated carbocycles. The van der Waals surface area contributed by atoms with Crippen LogP contribution in [0.3, 0.4) is 0 Å². The minimum atomic E-state index is -1.07. The van der Waals surface area contributed by atoms with E-state index in [1.165, 1.54) is 11.1 Å². The van der Waals surface area contributed by atoms with E-state index >= 15 is 0 Å². The Morgan fingerprint density at radius 3 is 2.24 bits per heavy atom. The number of pyridine rings is 1. The van der Waals surface area contributed by atoms with Gasteiger partial charge in [-0.05, 0) is 45.8 Å². The van der Waals surface area contributed by atoms with E-state index in [-0.39, 0.29) is 17.7 Å². The van der Waals surface area contributed by atoms with Gasteiger partial charge < -0.3 is 0 Å². The van der Waals surface area contributed by atoms with Crippen molar-refractivity contribution in [2.24, 2.45) is 16.9 Å². The summed E-state index contributed by atoms with van der Waals surface area (Å²) in [5.41, 5.74) is 6.38. The maximum atomic E-state index is 14.7. The first-order valence-electron chi connectivity index (χ1n) is 13.9. The normalized spacial score (nSPS) is 23.6. The topological polar surface area (TPSA) is 91.7 Å². The fourth-order valence-corrected chi connectivity index (χ4v) is 7.44. The minimum Gasteiger partial charge on any atom is -0.274 e.